The Balaban J connectivity index is 1.59. The second-order valence-corrected chi connectivity index (χ2v) is 6.15. The van der Waals surface area contributed by atoms with Gasteiger partial charge in [-0.2, -0.15) is 10.1 Å². The van der Waals surface area contributed by atoms with Crippen molar-refractivity contribution in [3.05, 3.63) is 45.9 Å². The number of carbonyl (C=O) groups excluding carboxylic acids is 1. The number of esters is 1. The first-order valence-corrected chi connectivity index (χ1v) is 8.20. The number of aryl methyl sites for hydroxylation is 2. The minimum atomic E-state index is -0.537. The molecule has 0 aromatic carbocycles. The summed E-state index contributed by atoms with van der Waals surface area (Å²) in [4.78, 5) is 16.8. The zero-order valence-electron chi connectivity index (χ0n) is 12.9. The summed E-state index contributed by atoms with van der Waals surface area (Å²) in [6.45, 7) is 1.71. The zero-order chi connectivity index (χ0) is 17.1. The van der Waals surface area contributed by atoms with E-state index in [-0.39, 0.29) is 12.5 Å². The number of nitrogens with zero attached hydrogens (tertiary/aromatic N) is 4. The lowest BCUT2D eigenvalue weighted by molar-refractivity contribution is -0.139. The summed E-state index contributed by atoms with van der Waals surface area (Å²) in [5.41, 5.74) is 1.40. The van der Waals surface area contributed by atoms with Gasteiger partial charge in [-0.15, -0.1) is 11.3 Å². The van der Waals surface area contributed by atoms with Gasteiger partial charge in [0.2, 0.25) is 5.82 Å². The van der Waals surface area contributed by atoms with Gasteiger partial charge in [0.25, 0.3) is 5.89 Å². The molecule has 3 rings (SSSR count). The van der Waals surface area contributed by atoms with Crippen LogP contribution in [0.1, 0.15) is 17.1 Å². The molecule has 0 bridgehead atoms. The first kappa shape index (κ1) is 16.4. The SMILES string of the molecule is Cc1nn(C)c(Cl)c1/C=C/C(=O)OCc1nc(-c2cccs2)no1. The molecule has 0 aliphatic rings. The maximum Gasteiger partial charge on any atom is 0.331 e. The summed E-state index contributed by atoms with van der Waals surface area (Å²) in [5.74, 6) is 0.172. The van der Waals surface area contributed by atoms with Crippen LogP contribution in [-0.2, 0) is 23.2 Å². The van der Waals surface area contributed by atoms with E-state index in [0.29, 0.717) is 16.5 Å². The van der Waals surface area contributed by atoms with Crippen LogP contribution in [0.25, 0.3) is 16.8 Å². The molecule has 0 aliphatic carbocycles. The van der Waals surface area contributed by atoms with Crippen LogP contribution in [-0.4, -0.2) is 25.9 Å². The van der Waals surface area contributed by atoms with Gasteiger partial charge in [-0.05, 0) is 24.4 Å². The highest BCUT2D eigenvalue weighted by Crippen LogP contribution is 2.22. The van der Waals surface area contributed by atoms with Gasteiger partial charge in [0.1, 0.15) is 5.15 Å². The van der Waals surface area contributed by atoms with E-state index in [1.807, 2.05) is 17.5 Å². The number of hydrogen-bond donors (Lipinski definition) is 0. The Hall–Kier alpha value is -2.45. The van der Waals surface area contributed by atoms with E-state index in [9.17, 15) is 4.79 Å². The number of carbonyl (C=O) groups is 1. The van der Waals surface area contributed by atoms with Crippen LogP contribution in [0.5, 0.6) is 0 Å². The van der Waals surface area contributed by atoms with Crippen molar-refractivity contribution < 1.29 is 14.1 Å². The summed E-state index contributed by atoms with van der Waals surface area (Å²) < 4.78 is 11.7. The van der Waals surface area contributed by atoms with Crippen molar-refractivity contribution in [2.24, 2.45) is 7.05 Å². The highest BCUT2D eigenvalue weighted by Gasteiger charge is 2.12. The van der Waals surface area contributed by atoms with E-state index in [0.717, 1.165) is 10.6 Å². The molecule has 0 N–H and O–H groups in total. The smallest absolute Gasteiger partial charge is 0.331 e. The largest absolute Gasteiger partial charge is 0.452 e. The van der Waals surface area contributed by atoms with Gasteiger partial charge in [-0.25, -0.2) is 4.79 Å². The monoisotopic (exact) mass is 364 g/mol. The zero-order valence-corrected chi connectivity index (χ0v) is 14.5. The Bertz CT molecular complexity index is 883. The number of rotatable bonds is 5. The first-order valence-electron chi connectivity index (χ1n) is 6.95. The number of thiophene rings is 1. The van der Waals surface area contributed by atoms with Gasteiger partial charge in [-0.1, -0.05) is 22.8 Å². The minimum Gasteiger partial charge on any atom is -0.452 e. The van der Waals surface area contributed by atoms with Gasteiger partial charge in [0.15, 0.2) is 6.61 Å². The van der Waals surface area contributed by atoms with Crippen molar-refractivity contribution in [2.75, 3.05) is 0 Å². The Labute approximate surface area is 146 Å². The molecule has 0 amide bonds. The summed E-state index contributed by atoms with van der Waals surface area (Å²) in [7, 11) is 1.73. The van der Waals surface area contributed by atoms with Crippen LogP contribution in [0, 0.1) is 6.92 Å². The van der Waals surface area contributed by atoms with Crippen molar-refractivity contribution in [1.29, 1.82) is 0 Å². The van der Waals surface area contributed by atoms with Crippen LogP contribution in [0.2, 0.25) is 5.15 Å². The number of hydrogen-bond acceptors (Lipinski definition) is 7. The predicted molar refractivity (Wildman–Crippen MR) is 89.4 cm³/mol. The molecule has 3 aromatic rings. The second-order valence-electron chi connectivity index (χ2n) is 4.84. The maximum atomic E-state index is 11.8. The van der Waals surface area contributed by atoms with Gasteiger partial charge in [-0.3, -0.25) is 4.68 Å². The lowest BCUT2D eigenvalue weighted by Gasteiger charge is -1.96. The molecule has 3 aromatic heterocycles. The number of aromatic nitrogens is 4. The maximum absolute atomic E-state index is 11.8. The van der Waals surface area contributed by atoms with Gasteiger partial charge in [0, 0.05) is 18.7 Å². The molecule has 7 nitrogen and oxygen atoms in total. The third-order valence-corrected chi connectivity index (χ3v) is 4.44. The fourth-order valence-corrected chi connectivity index (χ4v) is 2.87. The summed E-state index contributed by atoms with van der Waals surface area (Å²) in [6, 6.07) is 3.78. The summed E-state index contributed by atoms with van der Waals surface area (Å²) in [5, 5.41) is 10.4. The Morgan fingerprint density at radius 3 is 3.04 bits per heavy atom. The minimum absolute atomic E-state index is 0.0959. The molecule has 0 unspecified atom stereocenters. The highest BCUT2D eigenvalue weighted by molar-refractivity contribution is 7.13. The van der Waals surface area contributed by atoms with Crippen molar-refractivity contribution in [2.45, 2.75) is 13.5 Å². The predicted octanol–water partition coefficient (Wildman–Crippen LogP) is 3.25. The normalized spacial score (nSPS) is 11.3. The van der Waals surface area contributed by atoms with Crippen molar-refractivity contribution >= 4 is 35.0 Å². The molecule has 0 fully saturated rings. The van der Waals surface area contributed by atoms with E-state index < -0.39 is 5.97 Å². The fourth-order valence-electron chi connectivity index (χ4n) is 1.99. The Morgan fingerprint density at radius 1 is 1.54 bits per heavy atom. The van der Waals surface area contributed by atoms with E-state index >= 15 is 0 Å². The standard InChI is InChI=1S/C15H13ClN4O3S/c1-9-10(14(16)20(2)18-9)5-6-13(21)22-8-12-17-15(19-23-12)11-4-3-7-24-11/h3-7H,8H2,1-2H3/b6-5+. The van der Waals surface area contributed by atoms with Crippen molar-refractivity contribution in [3.8, 4) is 10.7 Å². The third-order valence-electron chi connectivity index (χ3n) is 3.13. The molecule has 0 atom stereocenters. The molecule has 0 saturated carbocycles. The molecule has 0 aliphatic heterocycles. The van der Waals surface area contributed by atoms with Crippen LogP contribution in [0.4, 0.5) is 0 Å². The second kappa shape index (κ2) is 6.98. The molecule has 3 heterocycles. The Morgan fingerprint density at radius 2 is 2.38 bits per heavy atom. The molecule has 124 valence electrons. The lowest BCUT2D eigenvalue weighted by atomic mass is 10.2. The average Bonchev–Trinajstić information content (AvgIpc) is 3.27. The quantitative estimate of drug-likeness (QED) is 0.510. The van der Waals surface area contributed by atoms with Gasteiger partial charge >= 0.3 is 5.97 Å². The van der Waals surface area contributed by atoms with Crippen LogP contribution >= 0.6 is 22.9 Å². The molecule has 0 spiro atoms. The van der Waals surface area contributed by atoms with Crippen molar-refractivity contribution in [3.63, 3.8) is 0 Å². The van der Waals surface area contributed by atoms with Gasteiger partial charge < -0.3 is 9.26 Å². The lowest BCUT2D eigenvalue weighted by Crippen LogP contribution is -2.01. The summed E-state index contributed by atoms with van der Waals surface area (Å²) >= 11 is 7.59. The topological polar surface area (TPSA) is 83.0 Å². The molecular formula is C15H13ClN4O3S. The van der Waals surface area contributed by atoms with E-state index in [1.54, 1.807) is 20.0 Å². The van der Waals surface area contributed by atoms with Crippen LogP contribution in [0.3, 0.4) is 0 Å². The van der Waals surface area contributed by atoms with E-state index in [2.05, 4.69) is 15.2 Å². The van der Waals surface area contributed by atoms with Crippen molar-refractivity contribution in [1.82, 2.24) is 19.9 Å². The van der Waals surface area contributed by atoms with Gasteiger partial charge in [0.05, 0.1) is 10.6 Å². The Kier molecular flexibility index (Phi) is 4.77. The molecule has 9 heteroatoms. The molecule has 24 heavy (non-hydrogen) atoms. The van der Waals surface area contributed by atoms with E-state index in [4.69, 9.17) is 20.9 Å². The van der Waals surface area contributed by atoms with E-state index in [1.165, 1.54) is 22.1 Å². The third kappa shape index (κ3) is 3.55. The molecular weight excluding hydrogens is 352 g/mol. The average molecular weight is 365 g/mol. The number of halogens is 1. The first-order chi connectivity index (χ1) is 11.5. The summed E-state index contributed by atoms with van der Waals surface area (Å²) in [6.07, 6.45) is 2.85. The highest BCUT2D eigenvalue weighted by atomic mass is 35.5. The molecule has 0 saturated heterocycles. The van der Waals surface area contributed by atoms with Crippen LogP contribution < -0.4 is 0 Å². The number of ether oxygens (including phenoxy) is 1. The fraction of sp³-hybridized carbons (Fsp3) is 0.200. The molecule has 0 radical (unpaired) electrons. The van der Waals surface area contributed by atoms with Crippen LogP contribution in [0.15, 0.2) is 28.1 Å².